The number of hydrogen-bond donors (Lipinski definition) is 2. The van der Waals surface area contributed by atoms with Crippen molar-refractivity contribution < 1.29 is 4.79 Å². The fourth-order valence-electron chi connectivity index (χ4n) is 1.70. The van der Waals surface area contributed by atoms with Gasteiger partial charge < -0.3 is 11.1 Å². The van der Waals surface area contributed by atoms with Crippen molar-refractivity contribution in [2.24, 2.45) is 5.92 Å². The highest BCUT2D eigenvalue weighted by molar-refractivity contribution is 9.10. The number of halogens is 1. The Balaban J connectivity index is 2.35. The van der Waals surface area contributed by atoms with E-state index in [1.807, 2.05) is 25.1 Å². The Kier molecular flexibility index (Phi) is 4.16. The van der Waals surface area contributed by atoms with E-state index in [4.69, 9.17) is 5.73 Å². The Bertz CT molecular complexity index is 621. The molecular formula is C14H17BrN2OS. The zero-order valence-electron chi connectivity index (χ0n) is 11.2. The molecule has 0 aliphatic rings. The SMILES string of the molecule is CC(C)C(C)NC(=O)c1sc2cc(Br)ccc2c1N. The zero-order chi connectivity index (χ0) is 14.2. The lowest BCUT2D eigenvalue weighted by Crippen LogP contribution is -2.35. The number of carbonyl (C=O) groups excluding carboxylic acids is 1. The van der Waals surface area contributed by atoms with Crippen LogP contribution in [-0.2, 0) is 0 Å². The van der Waals surface area contributed by atoms with Crippen molar-refractivity contribution in [1.29, 1.82) is 0 Å². The number of amides is 1. The quantitative estimate of drug-likeness (QED) is 0.886. The summed E-state index contributed by atoms with van der Waals surface area (Å²) in [4.78, 5) is 12.8. The number of nitrogens with two attached hydrogens (primary N) is 1. The van der Waals surface area contributed by atoms with E-state index in [1.54, 1.807) is 0 Å². The van der Waals surface area contributed by atoms with Gasteiger partial charge in [-0.1, -0.05) is 35.8 Å². The average molecular weight is 341 g/mol. The van der Waals surface area contributed by atoms with Crippen LogP contribution in [0.2, 0.25) is 0 Å². The Morgan fingerprint density at radius 2 is 2.05 bits per heavy atom. The number of benzene rings is 1. The molecule has 0 aliphatic carbocycles. The van der Waals surface area contributed by atoms with Crippen molar-refractivity contribution in [3.8, 4) is 0 Å². The first kappa shape index (κ1) is 14.3. The van der Waals surface area contributed by atoms with E-state index >= 15 is 0 Å². The number of rotatable bonds is 3. The van der Waals surface area contributed by atoms with E-state index in [0.29, 0.717) is 16.5 Å². The van der Waals surface area contributed by atoms with Gasteiger partial charge >= 0.3 is 0 Å². The van der Waals surface area contributed by atoms with Crippen LogP contribution in [0.25, 0.3) is 10.1 Å². The molecule has 3 N–H and O–H groups in total. The summed E-state index contributed by atoms with van der Waals surface area (Å²) >= 11 is 4.86. The standard InChI is InChI=1S/C14H17BrN2OS/c1-7(2)8(3)17-14(18)13-12(16)10-5-4-9(15)6-11(10)19-13/h4-8H,16H2,1-3H3,(H,17,18). The smallest absolute Gasteiger partial charge is 0.263 e. The Hall–Kier alpha value is -1.07. The monoisotopic (exact) mass is 340 g/mol. The van der Waals surface area contributed by atoms with Crippen LogP contribution in [0, 0.1) is 5.92 Å². The Morgan fingerprint density at radius 1 is 1.37 bits per heavy atom. The summed E-state index contributed by atoms with van der Waals surface area (Å²) in [5.41, 5.74) is 6.65. The summed E-state index contributed by atoms with van der Waals surface area (Å²) in [5.74, 6) is 0.310. The molecule has 0 saturated carbocycles. The Morgan fingerprint density at radius 3 is 2.68 bits per heavy atom. The molecule has 1 aromatic heterocycles. The number of hydrogen-bond acceptors (Lipinski definition) is 3. The number of thiophene rings is 1. The number of carbonyl (C=O) groups is 1. The largest absolute Gasteiger partial charge is 0.397 e. The molecule has 3 nitrogen and oxygen atoms in total. The van der Waals surface area contributed by atoms with Gasteiger partial charge in [0.1, 0.15) is 4.88 Å². The molecule has 2 aromatic rings. The molecule has 0 aliphatic heterocycles. The van der Waals surface area contributed by atoms with Gasteiger partial charge in [0, 0.05) is 20.6 Å². The van der Waals surface area contributed by atoms with E-state index in [0.717, 1.165) is 14.6 Å². The second-order valence-electron chi connectivity index (χ2n) is 4.99. The molecule has 0 saturated heterocycles. The summed E-state index contributed by atoms with van der Waals surface area (Å²) in [7, 11) is 0. The van der Waals surface area contributed by atoms with E-state index < -0.39 is 0 Å². The molecule has 0 radical (unpaired) electrons. The average Bonchev–Trinajstić information content (AvgIpc) is 2.66. The fourth-order valence-corrected chi connectivity index (χ4v) is 3.28. The Labute approximate surface area is 125 Å². The lowest BCUT2D eigenvalue weighted by Gasteiger charge is -2.16. The number of fused-ring (bicyclic) bond motifs is 1. The van der Waals surface area contributed by atoms with Gasteiger partial charge in [0.05, 0.1) is 5.69 Å². The first-order chi connectivity index (χ1) is 8.90. The normalized spacial score (nSPS) is 12.9. The van der Waals surface area contributed by atoms with Crippen molar-refractivity contribution in [3.05, 3.63) is 27.5 Å². The molecule has 0 spiro atoms. The first-order valence-corrected chi connectivity index (χ1v) is 7.79. The van der Waals surface area contributed by atoms with Gasteiger partial charge in [-0.15, -0.1) is 11.3 Å². The third-order valence-corrected chi connectivity index (χ3v) is 4.92. The molecule has 19 heavy (non-hydrogen) atoms. The van der Waals surface area contributed by atoms with Gasteiger partial charge in [-0.2, -0.15) is 0 Å². The minimum absolute atomic E-state index is 0.0870. The van der Waals surface area contributed by atoms with Crippen molar-refractivity contribution in [1.82, 2.24) is 5.32 Å². The summed E-state index contributed by atoms with van der Waals surface area (Å²) in [5, 5.41) is 3.93. The lowest BCUT2D eigenvalue weighted by molar-refractivity contribution is 0.0935. The molecule has 5 heteroatoms. The predicted molar refractivity (Wildman–Crippen MR) is 85.7 cm³/mol. The molecule has 1 atom stereocenters. The van der Waals surface area contributed by atoms with Gasteiger partial charge in [-0.3, -0.25) is 4.79 Å². The van der Waals surface area contributed by atoms with Gasteiger partial charge in [-0.25, -0.2) is 0 Å². The maximum Gasteiger partial charge on any atom is 0.263 e. The second-order valence-corrected chi connectivity index (χ2v) is 6.96. The zero-order valence-corrected chi connectivity index (χ0v) is 13.6. The van der Waals surface area contributed by atoms with Gasteiger partial charge in [0.15, 0.2) is 0 Å². The first-order valence-electron chi connectivity index (χ1n) is 6.18. The van der Waals surface area contributed by atoms with Gasteiger partial charge in [0.2, 0.25) is 0 Å². The van der Waals surface area contributed by atoms with E-state index in [-0.39, 0.29) is 11.9 Å². The van der Waals surface area contributed by atoms with Crippen molar-refractivity contribution in [3.63, 3.8) is 0 Å². The molecule has 1 amide bonds. The molecule has 2 rings (SSSR count). The lowest BCUT2D eigenvalue weighted by atomic mass is 10.1. The topological polar surface area (TPSA) is 55.1 Å². The molecule has 0 bridgehead atoms. The number of nitrogen functional groups attached to an aromatic ring is 1. The molecule has 1 heterocycles. The van der Waals surface area contributed by atoms with E-state index in [9.17, 15) is 4.79 Å². The summed E-state index contributed by atoms with van der Waals surface area (Å²) in [6.07, 6.45) is 0. The highest BCUT2D eigenvalue weighted by atomic mass is 79.9. The van der Waals surface area contributed by atoms with Crippen molar-refractivity contribution in [2.45, 2.75) is 26.8 Å². The van der Waals surface area contributed by atoms with E-state index in [2.05, 4.69) is 35.1 Å². The minimum atomic E-state index is -0.0870. The van der Waals surface area contributed by atoms with Crippen LogP contribution in [0.3, 0.4) is 0 Å². The predicted octanol–water partition coefficient (Wildman–Crippen LogP) is 4.02. The third-order valence-electron chi connectivity index (χ3n) is 3.26. The molecule has 0 fully saturated rings. The van der Waals surface area contributed by atoms with Crippen LogP contribution in [0.15, 0.2) is 22.7 Å². The van der Waals surface area contributed by atoms with Crippen LogP contribution in [0.5, 0.6) is 0 Å². The summed E-state index contributed by atoms with van der Waals surface area (Å²) < 4.78 is 2.01. The van der Waals surface area contributed by atoms with Gasteiger partial charge in [-0.05, 0) is 25.0 Å². The van der Waals surface area contributed by atoms with Crippen LogP contribution in [0.4, 0.5) is 5.69 Å². The van der Waals surface area contributed by atoms with Crippen molar-refractivity contribution >= 4 is 48.9 Å². The molecule has 1 unspecified atom stereocenters. The number of nitrogens with one attached hydrogen (secondary N) is 1. The highest BCUT2D eigenvalue weighted by Gasteiger charge is 2.19. The molecule has 102 valence electrons. The minimum Gasteiger partial charge on any atom is -0.397 e. The maximum atomic E-state index is 12.2. The highest BCUT2D eigenvalue weighted by Crippen LogP contribution is 2.35. The summed E-state index contributed by atoms with van der Waals surface area (Å²) in [6, 6.07) is 5.99. The molecular weight excluding hydrogens is 324 g/mol. The van der Waals surface area contributed by atoms with Crippen molar-refractivity contribution in [2.75, 3.05) is 5.73 Å². The molecule has 1 aromatic carbocycles. The van der Waals surface area contributed by atoms with Crippen LogP contribution in [-0.4, -0.2) is 11.9 Å². The fraction of sp³-hybridized carbons (Fsp3) is 0.357. The van der Waals surface area contributed by atoms with E-state index in [1.165, 1.54) is 11.3 Å². The van der Waals surface area contributed by atoms with Gasteiger partial charge in [0.25, 0.3) is 5.91 Å². The van der Waals surface area contributed by atoms with Crippen LogP contribution in [0.1, 0.15) is 30.4 Å². The number of anilines is 1. The van der Waals surface area contributed by atoms with Crippen LogP contribution < -0.4 is 11.1 Å². The maximum absolute atomic E-state index is 12.2. The van der Waals surface area contributed by atoms with Crippen LogP contribution >= 0.6 is 27.3 Å². The second kappa shape index (κ2) is 5.51. The summed E-state index contributed by atoms with van der Waals surface area (Å²) in [6.45, 7) is 6.16. The third kappa shape index (κ3) is 2.92.